The summed E-state index contributed by atoms with van der Waals surface area (Å²) in [6, 6.07) is 1.97. The zero-order chi connectivity index (χ0) is 16.5. The summed E-state index contributed by atoms with van der Waals surface area (Å²) in [5.74, 6) is -1.39. The molecule has 0 aliphatic heterocycles. The molecule has 1 unspecified atom stereocenters. The summed E-state index contributed by atoms with van der Waals surface area (Å²) < 4.78 is 10.1. The lowest BCUT2D eigenvalue weighted by Crippen LogP contribution is -2.26. The Balaban J connectivity index is 2.07. The van der Waals surface area contributed by atoms with E-state index in [2.05, 4.69) is 15.5 Å². The number of hydrogen-bond donors (Lipinski definition) is 2. The average Bonchev–Trinajstić information content (AvgIpc) is 3.07. The molecule has 8 nitrogen and oxygen atoms in total. The number of nitrogens with one attached hydrogen (secondary N) is 1. The molecule has 0 aliphatic carbocycles. The smallest absolute Gasteiger partial charge is 0.371 e. The molecule has 8 heteroatoms. The van der Waals surface area contributed by atoms with Gasteiger partial charge in [-0.15, -0.1) is 0 Å². The topological polar surface area (TPSA) is 118 Å². The molecule has 0 radical (unpaired) electrons. The highest BCUT2D eigenvalue weighted by Gasteiger charge is 2.24. The molecule has 22 heavy (non-hydrogen) atoms. The van der Waals surface area contributed by atoms with Crippen LogP contribution in [-0.4, -0.2) is 27.1 Å². The zero-order valence-electron chi connectivity index (χ0n) is 12.7. The van der Waals surface area contributed by atoms with E-state index in [1.54, 1.807) is 6.92 Å². The summed E-state index contributed by atoms with van der Waals surface area (Å²) in [7, 11) is 0. The van der Waals surface area contributed by atoms with E-state index in [0.717, 1.165) is 0 Å². The number of aromatic nitrogens is 2. The molecule has 0 aromatic carbocycles. The molecule has 2 N–H and O–H groups in total. The number of carbonyl (C=O) groups excluding carboxylic acids is 1. The normalized spacial score (nSPS) is 12.9. The van der Waals surface area contributed by atoms with E-state index in [9.17, 15) is 9.59 Å². The first-order chi connectivity index (χ1) is 10.2. The Morgan fingerprint density at radius 2 is 1.91 bits per heavy atom. The second-order valence-corrected chi connectivity index (χ2v) is 5.87. The van der Waals surface area contributed by atoms with Crippen molar-refractivity contribution in [2.45, 2.75) is 39.2 Å². The molecular weight excluding hydrogens is 290 g/mol. The third kappa shape index (κ3) is 3.33. The highest BCUT2D eigenvalue weighted by Crippen LogP contribution is 2.21. The fourth-order valence-corrected chi connectivity index (χ4v) is 1.62. The Bertz CT molecular complexity index is 695. The SMILES string of the molecule is CC(NC(=O)c1ccc(C(=O)O)o1)c1nc(C(C)(C)C)no1. The van der Waals surface area contributed by atoms with Crippen LogP contribution in [0, 0.1) is 0 Å². The molecular formula is C14H17N3O5. The van der Waals surface area contributed by atoms with Gasteiger partial charge in [-0.05, 0) is 19.1 Å². The monoisotopic (exact) mass is 307 g/mol. The highest BCUT2D eigenvalue weighted by molar-refractivity contribution is 5.93. The van der Waals surface area contributed by atoms with E-state index in [1.165, 1.54) is 12.1 Å². The number of nitrogens with zero attached hydrogens (tertiary/aromatic N) is 2. The minimum atomic E-state index is -1.24. The van der Waals surface area contributed by atoms with E-state index >= 15 is 0 Å². The number of carboxylic acids is 1. The second-order valence-electron chi connectivity index (χ2n) is 5.87. The van der Waals surface area contributed by atoms with Gasteiger partial charge in [-0.1, -0.05) is 25.9 Å². The fraction of sp³-hybridized carbons (Fsp3) is 0.429. The van der Waals surface area contributed by atoms with Gasteiger partial charge in [-0.3, -0.25) is 4.79 Å². The maximum Gasteiger partial charge on any atom is 0.371 e. The third-order valence-electron chi connectivity index (χ3n) is 2.87. The maximum absolute atomic E-state index is 12.0. The van der Waals surface area contributed by atoms with Crippen LogP contribution >= 0.6 is 0 Å². The van der Waals surface area contributed by atoms with Crippen LogP contribution in [0.5, 0.6) is 0 Å². The number of furan rings is 1. The maximum atomic E-state index is 12.0. The van der Waals surface area contributed by atoms with Crippen molar-refractivity contribution >= 4 is 11.9 Å². The van der Waals surface area contributed by atoms with Crippen molar-refractivity contribution in [3.8, 4) is 0 Å². The van der Waals surface area contributed by atoms with Gasteiger partial charge in [0.15, 0.2) is 11.6 Å². The predicted molar refractivity (Wildman–Crippen MR) is 74.5 cm³/mol. The molecule has 2 rings (SSSR count). The van der Waals surface area contributed by atoms with E-state index in [4.69, 9.17) is 14.0 Å². The Morgan fingerprint density at radius 1 is 1.27 bits per heavy atom. The molecule has 0 fully saturated rings. The molecule has 2 aromatic rings. The van der Waals surface area contributed by atoms with Crippen LogP contribution in [0.3, 0.4) is 0 Å². The van der Waals surface area contributed by atoms with Crippen LogP contribution < -0.4 is 5.32 Å². The Labute approximate surface area is 126 Å². The van der Waals surface area contributed by atoms with Crippen molar-refractivity contribution < 1.29 is 23.6 Å². The molecule has 2 heterocycles. The van der Waals surface area contributed by atoms with E-state index in [1.807, 2.05) is 20.8 Å². The van der Waals surface area contributed by atoms with Crippen LogP contribution in [0.4, 0.5) is 0 Å². The summed E-state index contributed by atoms with van der Waals surface area (Å²) in [5.41, 5.74) is -0.261. The molecule has 2 aromatic heterocycles. The van der Waals surface area contributed by atoms with Gasteiger partial charge in [-0.25, -0.2) is 4.79 Å². The van der Waals surface area contributed by atoms with Crippen molar-refractivity contribution in [1.82, 2.24) is 15.5 Å². The van der Waals surface area contributed by atoms with Crippen LogP contribution in [0.25, 0.3) is 0 Å². The first kappa shape index (κ1) is 15.7. The third-order valence-corrected chi connectivity index (χ3v) is 2.87. The van der Waals surface area contributed by atoms with Crippen molar-refractivity contribution in [3.05, 3.63) is 35.4 Å². The van der Waals surface area contributed by atoms with Gasteiger partial charge in [0.1, 0.15) is 6.04 Å². The largest absolute Gasteiger partial charge is 0.475 e. The Morgan fingerprint density at radius 3 is 2.41 bits per heavy atom. The van der Waals surface area contributed by atoms with Gasteiger partial charge in [0.2, 0.25) is 11.7 Å². The Hall–Kier alpha value is -2.64. The average molecular weight is 307 g/mol. The first-order valence-corrected chi connectivity index (χ1v) is 6.66. The number of hydrogen-bond acceptors (Lipinski definition) is 6. The molecule has 1 atom stereocenters. The Kier molecular flexibility index (Phi) is 4.03. The van der Waals surface area contributed by atoms with Gasteiger partial charge in [0.25, 0.3) is 5.91 Å². The zero-order valence-corrected chi connectivity index (χ0v) is 12.7. The summed E-state index contributed by atoms with van der Waals surface area (Å²) in [6.07, 6.45) is 0. The van der Waals surface area contributed by atoms with Crippen LogP contribution in [0.15, 0.2) is 21.1 Å². The number of amides is 1. The van der Waals surface area contributed by atoms with Crippen molar-refractivity contribution in [1.29, 1.82) is 0 Å². The molecule has 0 saturated carbocycles. The summed E-state index contributed by atoms with van der Waals surface area (Å²) in [6.45, 7) is 7.52. The van der Waals surface area contributed by atoms with Crippen LogP contribution in [0.1, 0.15) is 66.6 Å². The molecule has 1 amide bonds. The van der Waals surface area contributed by atoms with Crippen molar-refractivity contribution in [2.75, 3.05) is 0 Å². The first-order valence-electron chi connectivity index (χ1n) is 6.66. The second kappa shape index (κ2) is 5.63. The van der Waals surface area contributed by atoms with Crippen LogP contribution in [0.2, 0.25) is 0 Å². The molecule has 0 bridgehead atoms. The summed E-state index contributed by atoms with van der Waals surface area (Å²) >= 11 is 0. The quantitative estimate of drug-likeness (QED) is 0.888. The van der Waals surface area contributed by atoms with E-state index < -0.39 is 17.9 Å². The van der Waals surface area contributed by atoms with Gasteiger partial charge in [0, 0.05) is 5.41 Å². The lowest BCUT2D eigenvalue weighted by atomic mass is 9.96. The van der Waals surface area contributed by atoms with Gasteiger partial charge >= 0.3 is 5.97 Å². The minimum Gasteiger partial charge on any atom is -0.475 e. The molecule has 0 aliphatic rings. The van der Waals surface area contributed by atoms with Gasteiger partial charge in [0.05, 0.1) is 0 Å². The lowest BCUT2D eigenvalue weighted by Gasteiger charge is -2.11. The van der Waals surface area contributed by atoms with E-state index in [0.29, 0.717) is 5.82 Å². The lowest BCUT2D eigenvalue weighted by molar-refractivity contribution is 0.0659. The van der Waals surface area contributed by atoms with Crippen molar-refractivity contribution in [2.24, 2.45) is 0 Å². The predicted octanol–water partition coefficient (Wildman–Crippen LogP) is 2.15. The van der Waals surface area contributed by atoms with Gasteiger partial charge < -0.3 is 19.4 Å². The molecule has 0 spiro atoms. The standard InChI is InChI=1S/C14H17N3O5/c1-7(11-16-13(17-22-11)14(2,3)4)15-10(18)8-5-6-9(21-8)12(19)20/h5-7H,1-4H3,(H,15,18)(H,19,20). The van der Waals surface area contributed by atoms with Crippen molar-refractivity contribution in [3.63, 3.8) is 0 Å². The summed E-state index contributed by atoms with van der Waals surface area (Å²) in [5, 5.41) is 15.2. The summed E-state index contributed by atoms with van der Waals surface area (Å²) in [4.78, 5) is 26.9. The van der Waals surface area contributed by atoms with Crippen LogP contribution in [-0.2, 0) is 5.41 Å². The molecule has 118 valence electrons. The molecule has 0 saturated heterocycles. The highest BCUT2D eigenvalue weighted by atomic mass is 16.5. The number of carbonyl (C=O) groups is 2. The number of rotatable bonds is 4. The minimum absolute atomic E-state index is 0.0974. The number of aromatic carboxylic acids is 1. The van der Waals surface area contributed by atoms with Gasteiger partial charge in [-0.2, -0.15) is 4.98 Å². The fourth-order valence-electron chi connectivity index (χ4n) is 1.62. The number of carboxylic acid groups (broad SMARTS) is 1. The van der Waals surface area contributed by atoms with E-state index in [-0.39, 0.29) is 22.8 Å².